The number of aromatic nitrogens is 1. The third kappa shape index (κ3) is 4.34. The van der Waals surface area contributed by atoms with Crippen molar-refractivity contribution in [3.63, 3.8) is 0 Å². The van der Waals surface area contributed by atoms with Crippen LogP contribution in [0.2, 0.25) is 10.0 Å². The minimum atomic E-state index is -0.434. The largest absolute Gasteiger partial charge is 0.339 e. The Bertz CT molecular complexity index is 833. The molecule has 1 aliphatic heterocycles. The number of pyridine rings is 1. The lowest BCUT2D eigenvalue weighted by Crippen LogP contribution is -2.38. The quantitative estimate of drug-likeness (QED) is 0.836. The number of carbonyl (C=O) groups is 2. The van der Waals surface area contributed by atoms with Gasteiger partial charge in [-0.05, 0) is 49.1 Å². The summed E-state index contributed by atoms with van der Waals surface area (Å²) in [6.45, 7) is 3.67. The van der Waals surface area contributed by atoms with Gasteiger partial charge in [-0.3, -0.25) is 14.6 Å². The maximum Gasteiger partial charge on any atom is 0.274 e. The molecule has 2 amide bonds. The Morgan fingerprint density at radius 2 is 1.88 bits per heavy atom. The Kier molecular flexibility index (Phi) is 5.79. The third-order valence-corrected chi connectivity index (χ3v) is 5.04. The predicted molar refractivity (Wildman–Crippen MR) is 103 cm³/mol. The molecule has 0 spiro atoms. The van der Waals surface area contributed by atoms with Crippen molar-refractivity contribution >= 4 is 40.7 Å². The van der Waals surface area contributed by atoms with E-state index in [9.17, 15) is 9.59 Å². The molecule has 0 aliphatic carbocycles. The number of anilines is 1. The molecule has 0 saturated carbocycles. The fourth-order valence-electron chi connectivity index (χ4n) is 2.86. The Balaban J connectivity index is 1.74. The highest BCUT2D eigenvalue weighted by atomic mass is 35.5. The summed E-state index contributed by atoms with van der Waals surface area (Å²) in [6, 6.07) is 7.94. The number of likely N-dealkylation sites (tertiary alicyclic amines) is 1. The molecule has 5 nitrogen and oxygen atoms in total. The Hall–Kier alpha value is -2.11. The zero-order valence-electron chi connectivity index (χ0n) is 14.3. The molecule has 3 rings (SSSR count). The number of amides is 2. The van der Waals surface area contributed by atoms with Gasteiger partial charge in [-0.15, -0.1) is 0 Å². The van der Waals surface area contributed by atoms with Gasteiger partial charge in [0.05, 0.1) is 10.7 Å². The second kappa shape index (κ2) is 8.06. The first-order valence-electron chi connectivity index (χ1n) is 8.46. The highest BCUT2D eigenvalue weighted by Gasteiger charge is 2.22. The van der Waals surface area contributed by atoms with Gasteiger partial charge in [-0.25, -0.2) is 0 Å². The zero-order chi connectivity index (χ0) is 18.7. The molecule has 1 fully saturated rings. The molecule has 0 radical (unpaired) electrons. The molecule has 1 aromatic heterocycles. The highest BCUT2D eigenvalue weighted by Crippen LogP contribution is 2.26. The molecular weight excluding hydrogens is 373 g/mol. The van der Waals surface area contributed by atoms with Crippen molar-refractivity contribution in [2.24, 2.45) is 5.92 Å². The van der Waals surface area contributed by atoms with Crippen LogP contribution in [0.15, 0.2) is 36.5 Å². The second-order valence-corrected chi connectivity index (χ2v) is 7.33. The van der Waals surface area contributed by atoms with Crippen molar-refractivity contribution < 1.29 is 9.59 Å². The van der Waals surface area contributed by atoms with Crippen molar-refractivity contribution in [3.05, 3.63) is 57.8 Å². The lowest BCUT2D eigenvalue weighted by atomic mass is 9.98. The maximum atomic E-state index is 12.7. The predicted octanol–water partition coefficient (Wildman–Crippen LogP) is 4.51. The molecule has 7 heteroatoms. The van der Waals surface area contributed by atoms with Gasteiger partial charge in [0.15, 0.2) is 0 Å². The van der Waals surface area contributed by atoms with Gasteiger partial charge in [-0.2, -0.15) is 0 Å². The van der Waals surface area contributed by atoms with Crippen LogP contribution in [0.25, 0.3) is 0 Å². The van der Waals surface area contributed by atoms with E-state index in [1.807, 2.05) is 4.90 Å². The highest BCUT2D eigenvalue weighted by molar-refractivity contribution is 6.36. The van der Waals surface area contributed by atoms with E-state index >= 15 is 0 Å². The van der Waals surface area contributed by atoms with Crippen LogP contribution in [-0.4, -0.2) is 34.8 Å². The maximum absolute atomic E-state index is 12.7. The molecule has 0 bridgehead atoms. The number of piperidine rings is 1. The van der Waals surface area contributed by atoms with Gasteiger partial charge in [0, 0.05) is 29.9 Å². The van der Waals surface area contributed by atoms with Crippen molar-refractivity contribution in [1.82, 2.24) is 9.88 Å². The summed E-state index contributed by atoms with van der Waals surface area (Å²) in [7, 11) is 0. The summed E-state index contributed by atoms with van der Waals surface area (Å²) in [5.74, 6) is 0.135. The zero-order valence-corrected chi connectivity index (χ0v) is 15.8. The summed E-state index contributed by atoms with van der Waals surface area (Å²) in [5, 5.41) is 3.50. The van der Waals surface area contributed by atoms with Gasteiger partial charge >= 0.3 is 0 Å². The SMILES string of the molecule is CC1CCN(C(=O)c2ccnc(C(=O)Nc3ccc(Cl)cc3Cl)c2)CC1. The summed E-state index contributed by atoms with van der Waals surface area (Å²) < 4.78 is 0. The van der Waals surface area contributed by atoms with Crippen LogP contribution in [0.3, 0.4) is 0 Å². The molecule has 1 aromatic carbocycles. The van der Waals surface area contributed by atoms with Gasteiger partial charge in [0.1, 0.15) is 5.69 Å². The number of nitrogens with zero attached hydrogens (tertiary/aromatic N) is 2. The molecule has 0 atom stereocenters. The van der Waals surface area contributed by atoms with Gasteiger partial charge < -0.3 is 10.2 Å². The molecule has 26 heavy (non-hydrogen) atoms. The lowest BCUT2D eigenvalue weighted by Gasteiger charge is -2.30. The number of carbonyl (C=O) groups excluding carboxylic acids is 2. The molecule has 2 heterocycles. The van der Waals surface area contributed by atoms with Crippen LogP contribution >= 0.6 is 23.2 Å². The van der Waals surface area contributed by atoms with Gasteiger partial charge in [0.25, 0.3) is 11.8 Å². The molecule has 136 valence electrons. The second-order valence-electron chi connectivity index (χ2n) is 6.48. The first-order chi connectivity index (χ1) is 12.4. The lowest BCUT2D eigenvalue weighted by molar-refractivity contribution is 0.0697. The van der Waals surface area contributed by atoms with Crippen molar-refractivity contribution in [3.8, 4) is 0 Å². The summed E-state index contributed by atoms with van der Waals surface area (Å²) in [6.07, 6.45) is 3.47. The first-order valence-corrected chi connectivity index (χ1v) is 9.21. The van der Waals surface area contributed by atoms with E-state index < -0.39 is 5.91 Å². The number of benzene rings is 1. The summed E-state index contributed by atoms with van der Waals surface area (Å²) in [4.78, 5) is 31.0. The van der Waals surface area contributed by atoms with Crippen LogP contribution in [0.4, 0.5) is 5.69 Å². The Labute approximate surface area is 162 Å². The van der Waals surface area contributed by atoms with E-state index in [4.69, 9.17) is 23.2 Å². The van der Waals surface area contributed by atoms with Gasteiger partial charge in [-0.1, -0.05) is 30.1 Å². The number of halogens is 2. The van der Waals surface area contributed by atoms with E-state index in [1.54, 1.807) is 24.3 Å². The standard InChI is InChI=1S/C19H19Cl2N3O2/c1-12-5-8-24(9-6-12)19(26)13-4-7-22-17(10-13)18(25)23-16-3-2-14(20)11-15(16)21/h2-4,7,10-12H,5-6,8-9H2,1H3,(H,23,25). The normalized spacial score (nSPS) is 15.0. The summed E-state index contributed by atoms with van der Waals surface area (Å²) >= 11 is 11.9. The third-order valence-electron chi connectivity index (χ3n) is 4.49. The van der Waals surface area contributed by atoms with Gasteiger partial charge in [0.2, 0.25) is 0 Å². The molecule has 1 aliphatic rings. The minimum Gasteiger partial charge on any atom is -0.339 e. The topological polar surface area (TPSA) is 62.3 Å². The number of hydrogen-bond acceptors (Lipinski definition) is 3. The molecule has 1 N–H and O–H groups in total. The molecule has 2 aromatic rings. The Morgan fingerprint density at radius 3 is 2.58 bits per heavy atom. The van der Waals surface area contributed by atoms with Crippen LogP contribution < -0.4 is 5.32 Å². The average molecular weight is 392 g/mol. The molecule has 0 unspecified atom stereocenters. The molecular formula is C19H19Cl2N3O2. The van der Waals surface area contributed by atoms with E-state index in [0.29, 0.717) is 27.2 Å². The van der Waals surface area contributed by atoms with Crippen LogP contribution in [0.1, 0.15) is 40.6 Å². The van der Waals surface area contributed by atoms with Crippen molar-refractivity contribution in [2.75, 3.05) is 18.4 Å². The van der Waals surface area contributed by atoms with E-state index in [0.717, 1.165) is 25.9 Å². The monoisotopic (exact) mass is 391 g/mol. The Morgan fingerprint density at radius 1 is 1.15 bits per heavy atom. The van der Waals surface area contributed by atoms with Crippen LogP contribution in [0.5, 0.6) is 0 Å². The minimum absolute atomic E-state index is 0.0714. The number of nitrogens with one attached hydrogen (secondary N) is 1. The first kappa shape index (κ1) is 18.7. The van der Waals surface area contributed by atoms with Crippen molar-refractivity contribution in [1.29, 1.82) is 0 Å². The number of rotatable bonds is 3. The number of hydrogen-bond donors (Lipinski definition) is 1. The van der Waals surface area contributed by atoms with Crippen molar-refractivity contribution in [2.45, 2.75) is 19.8 Å². The molecule has 1 saturated heterocycles. The fourth-order valence-corrected chi connectivity index (χ4v) is 3.31. The van der Waals surface area contributed by atoms with Crippen LogP contribution in [0, 0.1) is 5.92 Å². The van der Waals surface area contributed by atoms with Crippen LogP contribution in [-0.2, 0) is 0 Å². The van der Waals surface area contributed by atoms with E-state index in [2.05, 4.69) is 17.2 Å². The van der Waals surface area contributed by atoms with E-state index in [1.165, 1.54) is 12.3 Å². The average Bonchev–Trinajstić information content (AvgIpc) is 2.64. The summed E-state index contributed by atoms with van der Waals surface area (Å²) in [5.41, 5.74) is 1.05. The van der Waals surface area contributed by atoms with E-state index in [-0.39, 0.29) is 11.6 Å². The fraction of sp³-hybridized carbons (Fsp3) is 0.316. The smallest absolute Gasteiger partial charge is 0.274 e.